The number of piperidine rings is 1. The van der Waals surface area contributed by atoms with E-state index in [0.717, 1.165) is 55.5 Å². The molecule has 0 N–H and O–H groups in total. The predicted octanol–water partition coefficient (Wildman–Crippen LogP) is 4.68. The van der Waals surface area contributed by atoms with Crippen molar-refractivity contribution in [3.05, 3.63) is 58.7 Å². The SMILES string of the molecule is Cc1cc(C)c2c(c1)CC(=N/OCC(=O)N1CCCCC1)/C=C/CC/C=C/CCOC2=O. The molecule has 0 bridgehead atoms. The van der Waals surface area contributed by atoms with Gasteiger partial charge in [0.2, 0.25) is 0 Å². The maximum atomic E-state index is 12.8. The van der Waals surface area contributed by atoms with Crippen LogP contribution >= 0.6 is 0 Å². The van der Waals surface area contributed by atoms with E-state index >= 15 is 0 Å². The highest BCUT2D eigenvalue weighted by atomic mass is 16.6. The van der Waals surface area contributed by atoms with Gasteiger partial charge in [0.1, 0.15) is 0 Å². The van der Waals surface area contributed by atoms with Crippen LogP contribution in [0, 0.1) is 13.8 Å². The number of esters is 1. The van der Waals surface area contributed by atoms with Crippen molar-refractivity contribution < 1.29 is 19.2 Å². The van der Waals surface area contributed by atoms with Crippen LogP contribution in [0.1, 0.15) is 65.6 Å². The van der Waals surface area contributed by atoms with Crippen molar-refractivity contribution in [1.82, 2.24) is 4.90 Å². The minimum absolute atomic E-state index is 0.0280. The highest BCUT2D eigenvalue weighted by Gasteiger charge is 2.19. The molecule has 3 rings (SSSR count). The van der Waals surface area contributed by atoms with Crippen molar-refractivity contribution in [2.24, 2.45) is 5.16 Å². The molecule has 1 saturated heterocycles. The smallest absolute Gasteiger partial charge is 0.338 e. The zero-order valence-electron chi connectivity index (χ0n) is 19.3. The summed E-state index contributed by atoms with van der Waals surface area (Å²) in [5.41, 5.74) is 4.08. The number of allylic oxidation sites excluding steroid dienone is 3. The molecular weight excluding hydrogens is 404 g/mol. The van der Waals surface area contributed by atoms with E-state index in [2.05, 4.69) is 17.3 Å². The maximum Gasteiger partial charge on any atom is 0.338 e. The first-order chi connectivity index (χ1) is 15.5. The van der Waals surface area contributed by atoms with E-state index in [1.54, 1.807) is 0 Å². The Balaban J connectivity index is 1.80. The van der Waals surface area contributed by atoms with Gasteiger partial charge in [0.25, 0.3) is 5.91 Å². The summed E-state index contributed by atoms with van der Waals surface area (Å²) in [5.74, 6) is -0.341. The van der Waals surface area contributed by atoms with Crippen molar-refractivity contribution in [2.45, 2.75) is 58.8 Å². The summed E-state index contributed by atoms with van der Waals surface area (Å²) in [6, 6.07) is 3.99. The van der Waals surface area contributed by atoms with Gasteiger partial charge >= 0.3 is 5.97 Å². The van der Waals surface area contributed by atoms with Gasteiger partial charge in [-0.15, -0.1) is 0 Å². The van der Waals surface area contributed by atoms with E-state index in [9.17, 15) is 9.59 Å². The predicted molar refractivity (Wildman–Crippen MR) is 126 cm³/mol. The summed E-state index contributed by atoms with van der Waals surface area (Å²) in [7, 11) is 0. The molecule has 0 atom stereocenters. The fourth-order valence-corrected chi connectivity index (χ4v) is 4.15. The first-order valence-electron chi connectivity index (χ1n) is 11.6. The van der Waals surface area contributed by atoms with E-state index in [-0.39, 0.29) is 18.5 Å². The average Bonchev–Trinajstić information content (AvgIpc) is 2.77. The number of fused-ring (bicyclic) bond motifs is 1. The van der Waals surface area contributed by atoms with Crippen molar-refractivity contribution in [1.29, 1.82) is 0 Å². The van der Waals surface area contributed by atoms with E-state index in [4.69, 9.17) is 9.57 Å². The summed E-state index contributed by atoms with van der Waals surface area (Å²) in [4.78, 5) is 32.5. The molecule has 6 heteroatoms. The third-order valence-electron chi connectivity index (χ3n) is 5.71. The summed E-state index contributed by atoms with van der Waals surface area (Å²) in [6.07, 6.45) is 14.3. The first kappa shape index (κ1) is 23.8. The van der Waals surface area contributed by atoms with Gasteiger partial charge in [-0.25, -0.2) is 4.79 Å². The number of nitrogens with zero attached hydrogens (tertiary/aromatic N) is 2. The van der Waals surface area contributed by atoms with Gasteiger partial charge in [0.15, 0.2) is 6.61 Å². The van der Waals surface area contributed by atoms with Crippen LogP contribution in [0.4, 0.5) is 0 Å². The van der Waals surface area contributed by atoms with Gasteiger partial charge < -0.3 is 14.5 Å². The molecule has 0 unspecified atom stereocenters. The van der Waals surface area contributed by atoms with Gasteiger partial charge in [0, 0.05) is 19.5 Å². The Kier molecular flexibility index (Phi) is 9.08. The summed E-state index contributed by atoms with van der Waals surface area (Å²) < 4.78 is 5.52. The summed E-state index contributed by atoms with van der Waals surface area (Å²) in [6.45, 7) is 5.81. The Morgan fingerprint density at radius 1 is 1.06 bits per heavy atom. The molecule has 0 spiro atoms. The molecule has 0 aliphatic carbocycles. The van der Waals surface area contributed by atoms with E-state index in [0.29, 0.717) is 30.7 Å². The normalized spacial score (nSPS) is 21.2. The number of carbonyl (C=O) groups is 2. The minimum Gasteiger partial charge on any atom is -0.462 e. The number of oxime groups is 1. The van der Waals surface area contributed by atoms with Crippen LogP contribution in [0.2, 0.25) is 0 Å². The summed E-state index contributed by atoms with van der Waals surface area (Å²) in [5, 5.41) is 4.28. The average molecular weight is 439 g/mol. The summed E-state index contributed by atoms with van der Waals surface area (Å²) >= 11 is 0. The topological polar surface area (TPSA) is 68.2 Å². The van der Waals surface area contributed by atoms with E-state index in [1.165, 1.54) is 6.42 Å². The Morgan fingerprint density at radius 2 is 1.81 bits per heavy atom. The highest BCUT2D eigenvalue weighted by molar-refractivity contribution is 6.00. The van der Waals surface area contributed by atoms with Gasteiger partial charge in [-0.05, 0) is 69.6 Å². The van der Waals surface area contributed by atoms with Crippen LogP contribution in [0.15, 0.2) is 41.6 Å². The Hall–Kier alpha value is -2.89. The number of cyclic esters (lactones) is 1. The molecule has 2 heterocycles. The highest BCUT2D eigenvalue weighted by Crippen LogP contribution is 2.20. The number of rotatable bonds is 3. The second-order valence-corrected chi connectivity index (χ2v) is 8.47. The van der Waals surface area contributed by atoms with Crippen LogP contribution in [0.5, 0.6) is 0 Å². The third-order valence-corrected chi connectivity index (χ3v) is 5.71. The van der Waals surface area contributed by atoms with Crippen molar-refractivity contribution >= 4 is 17.6 Å². The zero-order valence-corrected chi connectivity index (χ0v) is 19.3. The number of aryl methyl sites for hydroxylation is 2. The van der Waals surface area contributed by atoms with Gasteiger partial charge in [0.05, 0.1) is 17.9 Å². The van der Waals surface area contributed by atoms with Crippen LogP contribution < -0.4 is 0 Å². The number of carbonyl (C=O) groups excluding carboxylic acids is 2. The Labute approximate surface area is 190 Å². The number of amides is 1. The molecule has 1 fully saturated rings. The van der Waals surface area contributed by atoms with E-state index < -0.39 is 0 Å². The molecule has 172 valence electrons. The van der Waals surface area contributed by atoms with Crippen LogP contribution in [-0.4, -0.2) is 48.8 Å². The monoisotopic (exact) mass is 438 g/mol. The number of ether oxygens (including phenoxy) is 1. The second kappa shape index (κ2) is 12.2. The molecule has 6 nitrogen and oxygen atoms in total. The molecule has 2 aliphatic heterocycles. The van der Waals surface area contributed by atoms with Gasteiger partial charge in [-0.3, -0.25) is 4.79 Å². The van der Waals surface area contributed by atoms with Gasteiger partial charge in [-0.2, -0.15) is 0 Å². The molecule has 1 aromatic rings. The molecule has 0 aromatic heterocycles. The van der Waals surface area contributed by atoms with Crippen LogP contribution in [0.25, 0.3) is 0 Å². The molecular formula is C26H34N2O4. The number of hydrogen-bond donors (Lipinski definition) is 0. The Bertz CT molecular complexity index is 895. The van der Waals surface area contributed by atoms with Crippen molar-refractivity contribution in [2.75, 3.05) is 26.3 Å². The number of hydrogen-bond acceptors (Lipinski definition) is 5. The lowest BCUT2D eigenvalue weighted by Gasteiger charge is -2.26. The van der Waals surface area contributed by atoms with Crippen LogP contribution in [0.3, 0.4) is 0 Å². The second-order valence-electron chi connectivity index (χ2n) is 8.47. The number of benzene rings is 1. The number of likely N-dealkylation sites (tertiary alicyclic amines) is 1. The molecule has 32 heavy (non-hydrogen) atoms. The lowest BCUT2D eigenvalue weighted by Crippen LogP contribution is -2.37. The van der Waals surface area contributed by atoms with Gasteiger partial charge in [-0.1, -0.05) is 41.1 Å². The zero-order chi connectivity index (χ0) is 22.8. The lowest BCUT2D eigenvalue weighted by molar-refractivity contribution is -0.137. The molecule has 1 aromatic carbocycles. The van der Waals surface area contributed by atoms with Crippen molar-refractivity contribution in [3.63, 3.8) is 0 Å². The fraction of sp³-hybridized carbons (Fsp3) is 0.500. The molecule has 2 aliphatic rings. The standard InChI is InChI=1S/C26H34N2O4/c1-20-16-21(2)25-22(17-20)18-23(12-8-5-3-4-6-11-15-31-26(25)30)27-32-19-24(29)28-13-9-7-10-14-28/h4,6,8,12,16-17H,3,5,7,9-11,13-15,18-19H2,1-2H3/b6-4+,12-8+,27-23+. The maximum absolute atomic E-state index is 12.8. The molecule has 1 amide bonds. The lowest BCUT2D eigenvalue weighted by atomic mass is 9.95. The van der Waals surface area contributed by atoms with E-state index in [1.807, 2.05) is 43.0 Å². The van der Waals surface area contributed by atoms with Crippen LogP contribution in [-0.2, 0) is 20.8 Å². The molecule has 0 radical (unpaired) electrons. The minimum atomic E-state index is -0.313. The third kappa shape index (κ3) is 7.08. The fourth-order valence-electron chi connectivity index (χ4n) is 4.15. The van der Waals surface area contributed by atoms with Crippen molar-refractivity contribution in [3.8, 4) is 0 Å². The Morgan fingerprint density at radius 3 is 2.62 bits per heavy atom. The first-order valence-corrected chi connectivity index (χ1v) is 11.6. The quantitative estimate of drug-likeness (QED) is 0.390. The molecule has 0 saturated carbocycles. The largest absolute Gasteiger partial charge is 0.462 e.